The zero-order valence-electron chi connectivity index (χ0n) is 5.94. The van der Waals surface area contributed by atoms with Gasteiger partial charge in [-0.1, -0.05) is 10.3 Å². The lowest BCUT2D eigenvalue weighted by atomic mass is 11.0. The first-order chi connectivity index (χ1) is 4.79. The quantitative estimate of drug-likeness (QED) is 0.490. The van der Waals surface area contributed by atoms with Crippen LogP contribution in [0.2, 0.25) is 0 Å². The highest BCUT2D eigenvalue weighted by atomic mass is 15.5. The highest BCUT2D eigenvalue weighted by Gasteiger charge is 1.86. The van der Waals surface area contributed by atoms with Gasteiger partial charge in [0, 0.05) is 26.5 Å². The Kier molecular flexibility index (Phi) is 1.99. The molecule has 0 saturated carbocycles. The van der Waals surface area contributed by atoms with Crippen LogP contribution in [0.3, 0.4) is 0 Å². The molecule has 1 aromatic heterocycles. The van der Waals surface area contributed by atoms with E-state index in [0.717, 1.165) is 0 Å². The van der Waals surface area contributed by atoms with Gasteiger partial charge in [0.1, 0.15) is 0 Å². The van der Waals surface area contributed by atoms with Crippen LogP contribution < -0.4 is 0 Å². The standard InChI is InChI=1S/C5H9N5/c1-10(2)9-8-5-6-3-4-7-5/h3-4H,1-2H3,(H,6,7). The smallest absolute Gasteiger partial charge is 0.248 e. The molecule has 1 heterocycles. The number of rotatable bonds is 2. The van der Waals surface area contributed by atoms with Gasteiger partial charge in [0.2, 0.25) is 5.95 Å². The maximum atomic E-state index is 3.85. The predicted octanol–water partition coefficient (Wildman–Crippen LogP) is 0.970. The first-order valence-corrected chi connectivity index (χ1v) is 2.87. The molecule has 0 saturated heterocycles. The molecule has 0 aliphatic rings. The lowest BCUT2D eigenvalue weighted by molar-refractivity contribution is 0.407. The number of aromatic nitrogens is 2. The number of hydrogen-bond acceptors (Lipinski definition) is 3. The molecule has 0 unspecified atom stereocenters. The van der Waals surface area contributed by atoms with Crippen molar-refractivity contribution in [2.75, 3.05) is 14.1 Å². The zero-order valence-corrected chi connectivity index (χ0v) is 5.94. The van der Waals surface area contributed by atoms with Crippen molar-refractivity contribution in [1.29, 1.82) is 0 Å². The molecule has 0 atom stereocenters. The first-order valence-electron chi connectivity index (χ1n) is 2.87. The molecule has 10 heavy (non-hydrogen) atoms. The Balaban J connectivity index is 2.55. The average molecular weight is 139 g/mol. The zero-order chi connectivity index (χ0) is 7.40. The third-order valence-electron chi connectivity index (χ3n) is 0.802. The highest BCUT2D eigenvalue weighted by Crippen LogP contribution is 2.00. The Morgan fingerprint density at radius 1 is 1.60 bits per heavy atom. The molecule has 54 valence electrons. The van der Waals surface area contributed by atoms with E-state index in [0.29, 0.717) is 5.95 Å². The highest BCUT2D eigenvalue weighted by molar-refractivity contribution is 5.09. The summed E-state index contributed by atoms with van der Waals surface area (Å²) in [6, 6.07) is 0. The van der Waals surface area contributed by atoms with Gasteiger partial charge in [0.15, 0.2) is 0 Å². The van der Waals surface area contributed by atoms with Crippen molar-refractivity contribution in [1.82, 2.24) is 15.0 Å². The summed E-state index contributed by atoms with van der Waals surface area (Å²) in [7, 11) is 3.60. The molecule has 1 rings (SSSR count). The summed E-state index contributed by atoms with van der Waals surface area (Å²) < 4.78 is 0. The summed E-state index contributed by atoms with van der Waals surface area (Å²) in [5, 5.41) is 9.08. The number of H-pyrrole nitrogens is 1. The number of nitrogens with one attached hydrogen (secondary N) is 1. The van der Waals surface area contributed by atoms with Crippen LogP contribution in [-0.4, -0.2) is 29.1 Å². The number of imidazole rings is 1. The molecular weight excluding hydrogens is 130 g/mol. The van der Waals surface area contributed by atoms with Crippen molar-refractivity contribution < 1.29 is 0 Å². The van der Waals surface area contributed by atoms with Crippen LogP contribution in [0, 0.1) is 0 Å². The molecule has 0 aliphatic heterocycles. The SMILES string of the molecule is CN(C)N=Nc1ncc[nH]1. The second-order valence-electron chi connectivity index (χ2n) is 1.95. The summed E-state index contributed by atoms with van der Waals surface area (Å²) in [5.41, 5.74) is 0. The van der Waals surface area contributed by atoms with E-state index in [9.17, 15) is 0 Å². The molecule has 5 nitrogen and oxygen atoms in total. The van der Waals surface area contributed by atoms with Gasteiger partial charge in [-0.3, -0.25) is 5.01 Å². The Labute approximate surface area is 58.8 Å². The van der Waals surface area contributed by atoms with Crippen molar-refractivity contribution >= 4 is 5.95 Å². The van der Waals surface area contributed by atoms with Crippen LogP contribution in [-0.2, 0) is 0 Å². The first kappa shape index (κ1) is 6.73. The normalized spacial score (nSPS) is 10.6. The molecule has 0 aromatic carbocycles. The van der Waals surface area contributed by atoms with Crippen molar-refractivity contribution in [2.45, 2.75) is 0 Å². The van der Waals surface area contributed by atoms with E-state index >= 15 is 0 Å². The summed E-state index contributed by atoms with van der Waals surface area (Å²) in [5.74, 6) is 0.522. The Bertz CT molecular complexity index is 200. The molecule has 0 amide bonds. The summed E-state index contributed by atoms with van der Waals surface area (Å²) in [6.07, 6.45) is 3.33. The minimum absolute atomic E-state index is 0.522. The third-order valence-corrected chi connectivity index (χ3v) is 0.802. The van der Waals surface area contributed by atoms with E-state index in [4.69, 9.17) is 0 Å². The van der Waals surface area contributed by atoms with Crippen LogP contribution in [0.1, 0.15) is 0 Å². The second kappa shape index (κ2) is 2.95. The fourth-order valence-corrected chi connectivity index (χ4v) is 0.443. The minimum Gasteiger partial charge on any atom is -0.328 e. The molecule has 1 N–H and O–H groups in total. The monoisotopic (exact) mass is 139 g/mol. The van der Waals surface area contributed by atoms with Crippen molar-refractivity contribution in [2.24, 2.45) is 10.3 Å². The van der Waals surface area contributed by atoms with Crippen LogP contribution in [0.5, 0.6) is 0 Å². The summed E-state index contributed by atoms with van der Waals surface area (Å²) in [4.78, 5) is 6.64. The van der Waals surface area contributed by atoms with Crippen molar-refractivity contribution in [3.8, 4) is 0 Å². The Morgan fingerprint density at radius 3 is 2.90 bits per heavy atom. The van der Waals surface area contributed by atoms with E-state index in [1.165, 1.54) is 0 Å². The van der Waals surface area contributed by atoms with Crippen LogP contribution >= 0.6 is 0 Å². The van der Waals surface area contributed by atoms with Gasteiger partial charge in [-0.15, -0.1) is 0 Å². The molecule has 1 aromatic rings. The summed E-state index contributed by atoms with van der Waals surface area (Å²) >= 11 is 0. The topological polar surface area (TPSA) is 56.6 Å². The van der Waals surface area contributed by atoms with Crippen molar-refractivity contribution in [3.63, 3.8) is 0 Å². The van der Waals surface area contributed by atoms with E-state index in [1.807, 2.05) is 0 Å². The van der Waals surface area contributed by atoms with Crippen LogP contribution in [0.4, 0.5) is 5.95 Å². The number of aromatic amines is 1. The van der Waals surface area contributed by atoms with E-state index in [1.54, 1.807) is 31.5 Å². The molecular formula is C5H9N5. The van der Waals surface area contributed by atoms with Crippen LogP contribution in [0.25, 0.3) is 0 Å². The third kappa shape index (κ3) is 1.85. The number of nitrogens with zero attached hydrogens (tertiary/aromatic N) is 4. The lowest BCUT2D eigenvalue weighted by Gasteiger charge is -1.97. The van der Waals surface area contributed by atoms with Gasteiger partial charge < -0.3 is 4.98 Å². The molecule has 0 bridgehead atoms. The Morgan fingerprint density at radius 2 is 2.40 bits per heavy atom. The summed E-state index contributed by atoms with van der Waals surface area (Å²) in [6.45, 7) is 0. The Hall–Kier alpha value is -1.39. The molecule has 0 radical (unpaired) electrons. The van der Waals surface area contributed by atoms with Gasteiger partial charge in [0.05, 0.1) is 0 Å². The van der Waals surface area contributed by atoms with Crippen LogP contribution in [0.15, 0.2) is 22.7 Å². The van der Waals surface area contributed by atoms with Gasteiger partial charge in [-0.25, -0.2) is 4.98 Å². The van der Waals surface area contributed by atoms with E-state index in [-0.39, 0.29) is 0 Å². The van der Waals surface area contributed by atoms with E-state index < -0.39 is 0 Å². The molecule has 0 fully saturated rings. The van der Waals surface area contributed by atoms with Crippen molar-refractivity contribution in [3.05, 3.63) is 12.4 Å². The van der Waals surface area contributed by atoms with E-state index in [2.05, 4.69) is 20.3 Å². The maximum absolute atomic E-state index is 3.85. The fraction of sp³-hybridized carbons (Fsp3) is 0.400. The molecule has 0 spiro atoms. The van der Waals surface area contributed by atoms with Gasteiger partial charge >= 0.3 is 0 Å². The minimum atomic E-state index is 0.522. The second-order valence-corrected chi connectivity index (χ2v) is 1.95. The largest absolute Gasteiger partial charge is 0.328 e. The fourth-order valence-electron chi connectivity index (χ4n) is 0.443. The lowest BCUT2D eigenvalue weighted by Crippen LogP contribution is -1.98. The molecule has 5 heteroatoms. The average Bonchev–Trinajstić information content (AvgIpc) is 2.34. The predicted molar refractivity (Wildman–Crippen MR) is 36.8 cm³/mol. The van der Waals surface area contributed by atoms with Gasteiger partial charge in [-0.05, 0) is 0 Å². The molecule has 0 aliphatic carbocycles. The van der Waals surface area contributed by atoms with Gasteiger partial charge in [0.25, 0.3) is 0 Å². The number of hydrogen-bond donors (Lipinski definition) is 1. The maximum Gasteiger partial charge on any atom is 0.248 e. The van der Waals surface area contributed by atoms with Gasteiger partial charge in [-0.2, -0.15) is 0 Å².